The zero-order valence-electron chi connectivity index (χ0n) is 16.5. The Bertz CT molecular complexity index is 1150. The Morgan fingerprint density at radius 2 is 2.07 bits per heavy atom. The van der Waals surface area contributed by atoms with Crippen LogP contribution < -0.4 is 9.47 Å². The SMILES string of the molecule is Cc1c2c(cc3c1O/C(=C\c1ccccc1Br)C3=O)CN(CCc1cccs1)CO2. The van der Waals surface area contributed by atoms with Gasteiger partial charge in [0.25, 0.3) is 0 Å². The summed E-state index contributed by atoms with van der Waals surface area (Å²) in [5.74, 6) is 1.72. The second kappa shape index (κ2) is 8.02. The van der Waals surface area contributed by atoms with E-state index in [0.717, 1.165) is 46.4 Å². The molecule has 0 saturated heterocycles. The number of Topliss-reactive ketones (excluding diaryl/α,β-unsaturated/α-hetero) is 1. The fraction of sp³-hybridized carbons (Fsp3) is 0.208. The lowest BCUT2D eigenvalue weighted by atomic mass is 10.00. The van der Waals surface area contributed by atoms with E-state index in [2.05, 4.69) is 38.3 Å². The number of fused-ring (bicyclic) bond motifs is 2. The maximum absolute atomic E-state index is 13.1. The summed E-state index contributed by atoms with van der Waals surface area (Å²) in [5.41, 5.74) is 3.47. The van der Waals surface area contributed by atoms with Crippen LogP contribution in [0.5, 0.6) is 11.5 Å². The monoisotopic (exact) mass is 481 g/mol. The van der Waals surface area contributed by atoms with Crippen LogP contribution in [0.15, 0.2) is 58.1 Å². The van der Waals surface area contributed by atoms with Crippen LogP contribution in [0.25, 0.3) is 6.08 Å². The maximum atomic E-state index is 13.1. The Morgan fingerprint density at radius 3 is 2.87 bits per heavy atom. The van der Waals surface area contributed by atoms with Crippen molar-refractivity contribution in [3.05, 3.63) is 85.2 Å². The first kappa shape index (κ1) is 19.5. The number of carbonyl (C=O) groups is 1. The average molecular weight is 482 g/mol. The van der Waals surface area contributed by atoms with Crippen LogP contribution in [0.2, 0.25) is 0 Å². The standard InChI is InChI=1S/C24H20BrNO3S/c1-15-23-17(13-26(14-28-23)9-8-18-6-4-10-30-18)11-19-22(27)21(29-24(15)19)12-16-5-2-3-7-20(16)25/h2-7,10-12H,8-9,13-14H2,1H3/b21-12-. The molecule has 6 heteroatoms. The summed E-state index contributed by atoms with van der Waals surface area (Å²) < 4.78 is 13.0. The molecule has 152 valence electrons. The largest absolute Gasteiger partial charge is 0.477 e. The Balaban J connectivity index is 1.40. The summed E-state index contributed by atoms with van der Waals surface area (Å²) >= 11 is 5.31. The van der Waals surface area contributed by atoms with Crippen LogP contribution in [0, 0.1) is 6.92 Å². The van der Waals surface area contributed by atoms with Crippen molar-refractivity contribution in [1.29, 1.82) is 0 Å². The first-order valence-corrected chi connectivity index (χ1v) is 11.5. The summed E-state index contributed by atoms with van der Waals surface area (Å²) in [6, 6.07) is 14.0. The lowest BCUT2D eigenvalue weighted by molar-refractivity contribution is 0.0956. The van der Waals surface area contributed by atoms with Crippen molar-refractivity contribution < 1.29 is 14.3 Å². The van der Waals surface area contributed by atoms with Gasteiger partial charge in [0, 0.05) is 33.6 Å². The lowest BCUT2D eigenvalue weighted by Crippen LogP contribution is -2.34. The molecule has 0 saturated carbocycles. The van der Waals surface area contributed by atoms with Gasteiger partial charge in [0.15, 0.2) is 5.76 Å². The molecule has 1 aromatic heterocycles. The Morgan fingerprint density at radius 1 is 1.20 bits per heavy atom. The van der Waals surface area contributed by atoms with E-state index in [0.29, 0.717) is 23.8 Å². The third-order valence-electron chi connectivity index (χ3n) is 5.45. The number of halogens is 1. The maximum Gasteiger partial charge on any atom is 0.231 e. The highest BCUT2D eigenvalue weighted by Gasteiger charge is 2.33. The van der Waals surface area contributed by atoms with E-state index in [1.165, 1.54) is 4.88 Å². The van der Waals surface area contributed by atoms with Gasteiger partial charge in [-0.3, -0.25) is 9.69 Å². The van der Waals surface area contributed by atoms with Gasteiger partial charge in [-0.25, -0.2) is 0 Å². The van der Waals surface area contributed by atoms with Crippen LogP contribution in [-0.4, -0.2) is 24.0 Å². The number of thiophene rings is 1. The molecule has 0 fully saturated rings. The molecule has 0 bridgehead atoms. The summed E-state index contributed by atoms with van der Waals surface area (Å²) in [6.45, 7) is 4.21. The van der Waals surface area contributed by atoms with E-state index in [1.807, 2.05) is 37.3 Å². The molecule has 0 amide bonds. The molecule has 0 spiro atoms. The Hall–Kier alpha value is -2.41. The normalized spacial score (nSPS) is 16.9. The number of rotatable bonds is 4. The molecule has 4 nitrogen and oxygen atoms in total. The molecule has 0 N–H and O–H groups in total. The van der Waals surface area contributed by atoms with Crippen molar-refractivity contribution >= 4 is 39.1 Å². The van der Waals surface area contributed by atoms with Gasteiger partial charge in [-0.2, -0.15) is 0 Å². The van der Waals surface area contributed by atoms with Gasteiger partial charge in [-0.05, 0) is 48.6 Å². The molecule has 5 rings (SSSR count). The van der Waals surface area contributed by atoms with Gasteiger partial charge in [-0.15, -0.1) is 11.3 Å². The van der Waals surface area contributed by atoms with Crippen LogP contribution in [0.3, 0.4) is 0 Å². The number of carbonyl (C=O) groups excluding carboxylic acids is 1. The summed E-state index contributed by atoms with van der Waals surface area (Å²) in [7, 11) is 0. The van der Waals surface area contributed by atoms with Crippen LogP contribution in [0.1, 0.15) is 31.9 Å². The van der Waals surface area contributed by atoms with E-state index in [-0.39, 0.29) is 5.78 Å². The third-order valence-corrected chi connectivity index (χ3v) is 7.11. The predicted molar refractivity (Wildman–Crippen MR) is 122 cm³/mol. The van der Waals surface area contributed by atoms with Gasteiger partial charge in [-0.1, -0.05) is 40.2 Å². The predicted octanol–water partition coefficient (Wildman–Crippen LogP) is 5.83. The molecular formula is C24H20BrNO3S. The Labute approximate surface area is 187 Å². The molecule has 0 aliphatic carbocycles. The number of hydrogen-bond acceptors (Lipinski definition) is 5. The summed E-state index contributed by atoms with van der Waals surface area (Å²) in [4.78, 5) is 16.7. The smallest absolute Gasteiger partial charge is 0.231 e. The van der Waals surface area contributed by atoms with E-state index in [4.69, 9.17) is 9.47 Å². The molecule has 30 heavy (non-hydrogen) atoms. The van der Waals surface area contributed by atoms with Crippen LogP contribution in [-0.2, 0) is 13.0 Å². The number of nitrogens with zero attached hydrogens (tertiary/aromatic N) is 1. The lowest BCUT2D eigenvalue weighted by Gasteiger charge is -2.30. The molecular weight excluding hydrogens is 462 g/mol. The highest BCUT2D eigenvalue weighted by atomic mass is 79.9. The van der Waals surface area contributed by atoms with Gasteiger partial charge < -0.3 is 9.47 Å². The van der Waals surface area contributed by atoms with Gasteiger partial charge in [0.2, 0.25) is 5.78 Å². The number of benzene rings is 2. The van der Waals surface area contributed by atoms with Gasteiger partial charge in [0.1, 0.15) is 18.2 Å². The zero-order chi connectivity index (χ0) is 20.7. The van der Waals surface area contributed by atoms with Crippen molar-refractivity contribution in [2.75, 3.05) is 13.3 Å². The van der Waals surface area contributed by atoms with E-state index >= 15 is 0 Å². The molecule has 2 aliphatic rings. The zero-order valence-corrected chi connectivity index (χ0v) is 18.9. The van der Waals surface area contributed by atoms with Crippen molar-refractivity contribution in [3.8, 4) is 11.5 Å². The first-order chi connectivity index (χ1) is 14.6. The topological polar surface area (TPSA) is 38.8 Å². The third kappa shape index (κ3) is 3.60. The minimum Gasteiger partial charge on any atom is -0.477 e. The number of ketones is 1. The van der Waals surface area contributed by atoms with Crippen molar-refractivity contribution in [2.24, 2.45) is 0 Å². The fourth-order valence-corrected chi connectivity index (χ4v) is 4.99. The van der Waals surface area contributed by atoms with Crippen molar-refractivity contribution in [2.45, 2.75) is 19.9 Å². The van der Waals surface area contributed by atoms with E-state index < -0.39 is 0 Å². The molecule has 3 aromatic rings. The van der Waals surface area contributed by atoms with Crippen molar-refractivity contribution in [3.63, 3.8) is 0 Å². The number of allylic oxidation sites excluding steroid dienone is 1. The molecule has 2 aromatic carbocycles. The van der Waals surface area contributed by atoms with Crippen LogP contribution in [0.4, 0.5) is 0 Å². The minimum atomic E-state index is -0.0811. The quantitative estimate of drug-likeness (QED) is 0.439. The number of hydrogen-bond donors (Lipinski definition) is 0. The van der Waals surface area contributed by atoms with Crippen molar-refractivity contribution in [1.82, 2.24) is 4.90 Å². The van der Waals surface area contributed by atoms with Gasteiger partial charge in [0.05, 0.1) is 5.56 Å². The van der Waals surface area contributed by atoms with E-state index in [9.17, 15) is 4.79 Å². The Kier molecular flexibility index (Phi) is 5.23. The van der Waals surface area contributed by atoms with Gasteiger partial charge >= 0.3 is 0 Å². The fourth-order valence-electron chi connectivity index (χ4n) is 3.90. The summed E-state index contributed by atoms with van der Waals surface area (Å²) in [5, 5.41) is 2.11. The highest BCUT2D eigenvalue weighted by Crippen LogP contribution is 2.43. The second-order valence-electron chi connectivity index (χ2n) is 7.48. The van der Waals surface area contributed by atoms with Crippen LogP contribution >= 0.6 is 27.3 Å². The molecule has 0 atom stereocenters. The average Bonchev–Trinajstić information content (AvgIpc) is 3.37. The van der Waals surface area contributed by atoms with E-state index in [1.54, 1.807) is 17.4 Å². The number of ether oxygens (including phenoxy) is 2. The molecule has 3 heterocycles. The molecule has 0 unspecified atom stereocenters. The second-order valence-corrected chi connectivity index (χ2v) is 9.37. The molecule has 0 radical (unpaired) electrons. The first-order valence-electron chi connectivity index (χ1n) is 9.83. The molecule has 2 aliphatic heterocycles. The highest BCUT2D eigenvalue weighted by molar-refractivity contribution is 9.10. The minimum absolute atomic E-state index is 0.0811. The summed E-state index contributed by atoms with van der Waals surface area (Å²) in [6.07, 6.45) is 2.79.